The molecule has 108 valence electrons. The first-order valence-electron chi connectivity index (χ1n) is 6.20. The number of carbonyl (C=O) groups is 1. The molecule has 1 aliphatic heterocycles. The van der Waals surface area contributed by atoms with Gasteiger partial charge in [-0.1, -0.05) is 53.6 Å². The van der Waals surface area contributed by atoms with Crippen molar-refractivity contribution in [3.8, 4) is 0 Å². The molecule has 0 radical (unpaired) electrons. The van der Waals surface area contributed by atoms with Gasteiger partial charge in [0, 0.05) is 11.4 Å². The number of nitrogens with one attached hydrogen (secondary N) is 1. The third-order valence-corrected chi connectivity index (χ3v) is 5.96. The summed E-state index contributed by atoms with van der Waals surface area (Å²) in [5.41, 5.74) is 0.657. The summed E-state index contributed by atoms with van der Waals surface area (Å²) in [6.45, 7) is 2.84. The predicted molar refractivity (Wildman–Crippen MR) is 91.5 cm³/mol. The lowest BCUT2D eigenvalue weighted by Gasteiger charge is -2.14. The van der Waals surface area contributed by atoms with E-state index in [1.807, 2.05) is 6.92 Å². The number of benzene rings is 1. The Labute approximate surface area is 136 Å². The van der Waals surface area contributed by atoms with Gasteiger partial charge in [0.05, 0.1) is 21.8 Å². The van der Waals surface area contributed by atoms with Gasteiger partial charge in [0.25, 0.3) is 0 Å². The van der Waals surface area contributed by atoms with Crippen LogP contribution in [0.15, 0.2) is 23.2 Å². The van der Waals surface area contributed by atoms with Crippen molar-refractivity contribution in [2.45, 2.75) is 18.6 Å². The minimum atomic E-state index is -0.145. The summed E-state index contributed by atoms with van der Waals surface area (Å²) < 4.78 is 1.00. The van der Waals surface area contributed by atoms with Crippen LogP contribution in [0.25, 0.3) is 0 Å². The van der Waals surface area contributed by atoms with E-state index in [2.05, 4.69) is 10.3 Å². The molecular formula is C13H14Cl2N2OS2. The Bertz CT molecular complexity index is 537. The van der Waals surface area contributed by atoms with E-state index in [0.29, 0.717) is 15.7 Å². The zero-order chi connectivity index (χ0) is 14.5. The molecule has 1 unspecified atom stereocenters. The van der Waals surface area contributed by atoms with E-state index in [0.717, 1.165) is 23.1 Å². The van der Waals surface area contributed by atoms with E-state index in [1.54, 1.807) is 30.0 Å². The fourth-order valence-electron chi connectivity index (χ4n) is 1.63. The van der Waals surface area contributed by atoms with Gasteiger partial charge >= 0.3 is 0 Å². The highest BCUT2D eigenvalue weighted by Crippen LogP contribution is 2.29. The Morgan fingerprint density at radius 1 is 1.50 bits per heavy atom. The largest absolute Gasteiger partial charge is 0.325 e. The van der Waals surface area contributed by atoms with Gasteiger partial charge in [-0.2, -0.15) is 0 Å². The van der Waals surface area contributed by atoms with Crippen molar-refractivity contribution >= 4 is 62.7 Å². The van der Waals surface area contributed by atoms with Crippen LogP contribution in [0.4, 0.5) is 5.69 Å². The predicted octanol–water partition coefficient (Wildman–Crippen LogP) is 4.55. The average molecular weight is 349 g/mol. The molecule has 1 aliphatic rings. The zero-order valence-electron chi connectivity index (χ0n) is 10.9. The van der Waals surface area contributed by atoms with Crippen LogP contribution in [-0.4, -0.2) is 27.8 Å². The average Bonchev–Trinajstić information content (AvgIpc) is 2.93. The fourth-order valence-corrected chi connectivity index (χ4v) is 4.08. The monoisotopic (exact) mass is 348 g/mol. The molecule has 0 saturated carbocycles. The van der Waals surface area contributed by atoms with Crippen molar-refractivity contribution in [1.82, 2.24) is 0 Å². The lowest BCUT2D eigenvalue weighted by molar-refractivity contribution is -0.115. The lowest BCUT2D eigenvalue weighted by atomic mass is 10.2. The molecule has 1 aromatic rings. The number of thioether (sulfide) groups is 2. The second-order valence-electron chi connectivity index (χ2n) is 4.13. The summed E-state index contributed by atoms with van der Waals surface area (Å²) in [7, 11) is 0. The molecule has 0 aliphatic carbocycles. The van der Waals surface area contributed by atoms with E-state index >= 15 is 0 Å². The van der Waals surface area contributed by atoms with Crippen molar-refractivity contribution in [2.75, 3.05) is 17.6 Å². The van der Waals surface area contributed by atoms with Gasteiger partial charge in [-0.05, 0) is 24.6 Å². The Hall–Kier alpha value is -0.360. The molecular weight excluding hydrogens is 335 g/mol. The topological polar surface area (TPSA) is 41.5 Å². The number of aliphatic imine (C=N–C) groups is 1. The minimum absolute atomic E-state index is 0.0360. The summed E-state index contributed by atoms with van der Waals surface area (Å²) in [5.74, 6) is 0.971. The number of anilines is 1. The van der Waals surface area contributed by atoms with Gasteiger partial charge in [-0.25, -0.2) is 0 Å². The molecule has 0 aromatic heterocycles. The second kappa shape index (κ2) is 7.59. The summed E-state index contributed by atoms with van der Waals surface area (Å²) >= 11 is 15.0. The maximum atomic E-state index is 12.3. The molecule has 0 fully saturated rings. The smallest absolute Gasteiger partial charge is 0.237 e. The molecule has 1 heterocycles. The summed E-state index contributed by atoms with van der Waals surface area (Å²) in [6, 6.07) is 5.07. The van der Waals surface area contributed by atoms with Crippen LogP contribution in [0, 0.1) is 0 Å². The first kappa shape index (κ1) is 16.0. The third kappa shape index (κ3) is 4.32. The Kier molecular flexibility index (Phi) is 6.08. The highest BCUT2D eigenvalue weighted by atomic mass is 35.5. The standard InChI is InChI=1S/C13H14Cl2N2OS2/c1-2-11(20-13-16-5-6-19-13)12(18)17-8-3-4-9(14)10(15)7-8/h3-4,7,11H,2,5-6H2,1H3,(H,17,18). The van der Waals surface area contributed by atoms with Gasteiger partial charge in [0.2, 0.25) is 5.91 Å². The van der Waals surface area contributed by atoms with Crippen molar-refractivity contribution < 1.29 is 4.79 Å². The minimum Gasteiger partial charge on any atom is -0.325 e. The van der Waals surface area contributed by atoms with Gasteiger partial charge in [0.15, 0.2) is 0 Å². The molecule has 3 nitrogen and oxygen atoms in total. The van der Waals surface area contributed by atoms with Crippen LogP contribution in [-0.2, 0) is 4.79 Å². The number of nitrogens with zero attached hydrogens (tertiary/aromatic N) is 1. The van der Waals surface area contributed by atoms with Crippen LogP contribution in [0.5, 0.6) is 0 Å². The Balaban J connectivity index is 1.99. The van der Waals surface area contributed by atoms with Crippen molar-refractivity contribution in [2.24, 2.45) is 4.99 Å². The van der Waals surface area contributed by atoms with Crippen molar-refractivity contribution in [1.29, 1.82) is 0 Å². The van der Waals surface area contributed by atoms with E-state index < -0.39 is 0 Å². The van der Waals surface area contributed by atoms with Crippen LogP contribution in [0.3, 0.4) is 0 Å². The number of hydrogen-bond acceptors (Lipinski definition) is 4. The molecule has 0 spiro atoms. The Morgan fingerprint density at radius 3 is 2.90 bits per heavy atom. The van der Waals surface area contributed by atoms with Gasteiger partial charge < -0.3 is 5.32 Å². The SMILES string of the molecule is CCC(SC1=NCCS1)C(=O)Nc1ccc(Cl)c(Cl)c1. The van der Waals surface area contributed by atoms with Crippen LogP contribution < -0.4 is 5.32 Å². The maximum absolute atomic E-state index is 12.3. The number of amides is 1. The molecule has 1 aromatic carbocycles. The molecule has 1 amide bonds. The molecule has 0 saturated heterocycles. The van der Waals surface area contributed by atoms with E-state index in [4.69, 9.17) is 23.2 Å². The fraction of sp³-hybridized carbons (Fsp3) is 0.385. The van der Waals surface area contributed by atoms with Crippen molar-refractivity contribution in [3.63, 3.8) is 0 Å². The molecule has 2 rings (SSSR count). The second-order valence-corrected chi connectivity index (χ2v) is 7.48. The quantitative estimate of drug-likeness (QED) is 0.867. The Morgan fingerprint density at radius 2 is 2.30 bits per heavy atom. The van der Waals surface area contributed by atoms with Crippen LogP contribution >= 0.6 is 46.7 Å². The first-order valence-corrected chi connectivity index (χ1v) is 8.82. The maximum Gasteiger partial charge on any atom is 0.237 e. The highest BCUT2D eigenvalue weighted by molar-refractivity contribution is 8.39. The van der Waals surface area contributed by atoms with E-state index in [-0.39, 0.29) is 11.2 Å². The molecule has 1 N–H and O–H groups in total. The van der Waals surface area contributed by atoms with E-state index in [9.17, 15) is 4.79 Å². The van der Waals surface area contributed by atoms with Gasteiger partial charge in [-0.15, -0.1) is 0 Å². The lowest BCUT2D eigenvalue weighted by Crippen LogP contribution is -2.25. The molecule has 1 atom stereocenters. The molecule has 20 heavy (non-hydrogen) atoms. The first-order chi connectivity index (χ1) is 9.60. The number of rotatable bonds is 4. The zero-order valence-corrected chi connectivity index (χ0v) is 14.0. The van der Waals surface area contributed by atoms with Crippen molar-refractivity contribution in [3.05, 3.63) is 28.2 Å². The van der Waals surface area contributed by atoms with E-state index in [1.165, 1.54) is 11.8 Å². The molecule has 0 bridgehead atoms. The van der Waals surface area contributed by atoms with Crippen LogP contribution in [0.2, 0.25) is 10.0 Å². The third-order valence-electron chi connectivity index (χ3n) is 2.65. The van der Waals surface area contributed by atoms with Gasteiger partial charge in [-0.3, -0.25) is 9.79 Å². The number of halogens is 2. The number of carbonyl (C=O) groups excluding carboxylic acids is 1. The van der Waals surface area contributed by atoms with Gasteiger partial charge in [0.1, 0.15) is 4.38 Å². The normalized spacial score (nSPS) is 15.8. The summed E-state index contributed by atoms with van der Waals surface area (Å²) in [4.78, 5) is 16.6. The summed E-state index contributed by atoms with van der Waals surface area (Å²) in [6.07, 6.45) is 0.747. The molecule has 7 heteroatoms. The van der Waals surface area contributed by atoms with Crippen LogP contribution in [0.1, 0.15) is 13.3 Å². The number of hydrogen-bond donors (Lipinski definition) is 1. The summed E-state index contributed by atoms with van der Waals surface area (Å²) in [5, 5.41) is 3.63. The highest BCUT2D eigenvalue weighted by Gasteiger charge is 2.21.